The van der Waals surface area contributed by atoms with Crippen molar-refractivity contribution in [3.63, 3.8) is 0 Å². The predicted octanol–water partition coefficient (Wildman–Crippen LogP) is 5.43. The monoisotopic (exact) mass is 587 g/mol. The van der Waals surface area contributed by atoms with E-state index in [-0.39, 0.29) is 30.1 Å². The molecule has 2 aromatic heterocycles. The summed E-state index contributed by atoms with van der Waals surface area (Å²) in [5.41, 5.74) is 3.25. The highest BCUT2D eigenvalue weighted by atomic mass is 19.1. The van der Waals surface area contributed by atoms with Gasteiger partial charge in [0.05, 0.1) is 35.8 Å². The van der Waals surface area contributed by atoms with Crippen LogP contribution in [0, 0.1) is 12.7 Å². The molecule has 2 aliphatic rings. The minimum atomic E-state index is -0.947. The summed E-state index contributed by atoms with van der Waals surface area (Å²) in [6.07, 6.45) is 3.22. The van der Waals surface area contributed by atoms with E-state index in [1.807, 2.05) is 32.2 Å². The van der Waals surface area contributed by atoms with Gasteiger partial charge in [0.1, 0.15) is 24.1 Å². The van der Waals surface area contributed by atoms with E-state index in [2.05, 4.69) is 21.3 Å². The zero-order chi connectivity index (χ0) is 30.1. The number of anilines is 1. The van der Waals surface area contributed by atoms with Gasteiger partial charge in [-0.2, -0.15) is 4.98 Å². The number of aromatic carboxylic acids is 1. The van der Waals surface area contributed by atoms with Gasteiger partial charge in [-0.1, -0.05) is 18.2 Å². The first-order valence-electron chi connectivity index (χ1n) is 14.9. The van der Waals surface area contributed by atoms with E-state index in [0.29, 0.717) is 30.6 Å². The third-order valence-electron chi connectivity index (χ3n) is 8.70. The van der Waals surface area contributed by atoms with Gasteiger partial charge in [-0.05, 0) is 69.0 Å². The van der Waals surface area contributed by atoms with Gasteiger partial charge in [-0.25, -0.2) is 14.2 Å². The van der Waals surface area contributed by atoms with Gasteiger partial charge >= 0.3 is 5.97 Å². The van der Waals surface area contributed by atoms with E-state index in [9.17, 15) is 14.3 Å². The Kier molecular flexibility index (Phi) is 8.32. The van der Waals surface area contributed by atoms with Crippen molar-refractivity contribution in [2.45, 2.75) is 71.0 Å². The Morgan fingerprint density at radius 1 is 1.14 bits per heavy atom. The molecule has 4 heterocycles. The van der Waals surface area contributed by atoms with Crippen LogP contribution in [-0.4, -0.2) is 68.9 Å². The molecular formula is C33H38FN5O4. The summed E-state index contributed by atoms with van der Waals surface area (Å²) < 4.78 is 28.0. The Balaban J connectivity index is 1.17. The number of halogens is 1. The minimum Gasteiger partial charge on any atom is -0.478 e. The fourth-order valence-corrected chi connectivity index (χ4v) is 6.06. The normalized spacial score (nSPS) is 20.3. The molecule has 2 saturated heterocycles. The lowest BCUT2D eigenvalue weighted by Crippen LogP contribution is -2.42. The number of likely N-dealkylation sites (tertiary alicyclic amines) is 1. The van der Waals surface area contributed by atoms with Crippen LogP contribution in [0.25, 0.3) is 11.0 Å². The number of benzene rings is 2. The topological polar surface area (TPSA) is 93.0 Å². The number of hydrogen-bond donors (Lipinski definition) is 1. The molecule has 2 aromatic carbocycles. The standard InChI is InChI=1S/C33H38FN5O4/c1-21-7-9-24(27(34)15-21)20-43-32-6-4-5-30(36-32)37(3)17-25-11-8-22(2)38(25)19-31-35-28-12-10-23(33(40)41)16-29(28)39(31)18-26-13-14-42-26/h4-7,9-10,12,15-16,22,25-26H,8,11,13-14,17-20H2,1-3H3,(H,40,41). The summed E-state index contributed by atoms with van der Waals surface area (Å²) in [7, 11) is 2.03. The van der Waals surface area contributed by atoms with Crippen LogP contribution in [0.4, 0.5) is 10.2 Å². The third kappa shape index (κ3) is 6.35. The number of aromatic nitrogens is 3. The van der Waals surface area contributed by atoms with Gasteiger partial charge in [-0.15, -0.1) is 0 Å². The number of hydrogen-bond acceptors (Lipinski definition) is 7. The minimum absolute atomic E-state index is 0.112. The van der Waals surface area contributed by atoms with Crippen molar-refractivity contribution in [3.05, 3.63) is 82.9 Å². The van der Waals surface area contributed by atoms with Crippen LogP contribution in [-0.2, 0) is 24.4 Å². The number of carboxylic acid groups (broad SMARTS) is 1. The molecule has 3 atom stereocenters. The number of carboxylic acids is 1. The smallest absolute Gasteiger partial charge is 0.335 e. The molecule has 0 amide bonds. The maximum atomic E-state index is 14.3. The second-order valence-corrected chi connectivity index (χ2v) is 11.8. The Bertz CT molecular complexity index is 1620. The van der Waals surface area contributed by atoms with Crippen LogP contribution >= 0.6 is 0 Å². The number of nitrogens with zero attached hydrogens (tertiary/aromatic N) is 5. The van der Waals surface area contributed by atoms with Crippen LogP contribution in [0.15, 0.2) is 54.6 Å². The molecule has 0 aliphatic carbocycles. The molecular weight excluding hydrogens is 549 g/mol. The van der Waals surface area contributed by atoms with Crippen molar-refractivity contribution in [2.24, 2.45) is 0 Å². The molecule has 0 saturated carbocycles. The van der Waals surface area contributed by atoms with Crippen LogP contribution in [0.3, 0.4) is 0 Å². The number of likely N-dealkylation sites (N-methyl/N-ethyl adjacent to an activating group) is 1. The Morgan fingerprint density at radius 2 is 1.98 bits per heavy atom. The van der Waals surface area contributed by atoms with Gasteiger partial charge in [0, 0.05) is 43.9 Å². The van der Waals surface area contributed by atoms with Gasteiger partial charge in [0.15, 0.2) is 0 Å². The summed E-state index contributed by atoms with van der Waals surface area (Å²) in [6, 6.07) is 16.6. The Morgan fingerprint density at radius 3 is 2.72 bits per heavy atom. The van der Waals surface area contributed by atoms with Gasteiger partial charge in [-0.3, -0.25) is 4.90 Å². The van der Waals surface area contributed by atoms with Crippen molar-refractivity contribution in [3.8, 4) is 5.88 Å². The highest BCUT2D eigenvalue weighted by Gasteiger charge is 2.33. The first-order valence-corrected chi connectivity index (χ1v) is 14.9. The maximum absolute atomic E-state index is 14.3. The van der Waals surface area contributed by atoms with Gasteiger partial charge in [0.2, 0.25) is 5.88 Å². The SMILES string of the molecule is Cc1ccc(COc2cccc(N(C)CC3CCC(C)N3Cc3nc4ccc(C(=O)O)cc4n3CC3CCO3)n2)c(F)c1. The number of pyridine rings is 1. The quantitative estimate of drug-likeness (QED) is 0.248. The number of aryl methyl sites for hydroxylation is 1. The lowest BCUT2D eigenvalue weighted by atomic mass is 10.1. The molecule has 0 spiro atoms. The molecule has 43 heavy (non-hydrogen) atoms. The molecule has 4 aromatic rings. The summed E-state index contributed by atoms with van der Waals surface area (Å²) in [5, 5.41) is 9.58. The summed E-state index contributed by atoms with van der Waals surface area (Å²) in [6.45, 7) is 7.06. The molecule has 0 bridgehead atoms. The van der Waals surface area contributed by atoms with E-state index in [1.165, 1.54) is 6.07 Å². The van der Waals surface area contributed by atoms with Crippen LogP contribution < -0.4 is 9.64 Å². The maximum Gasteiger partial charge on any atom is 0.335 e. The zero-order valence-electron chi connectivity index (χ0n) is 24.9. The fraction of sp³-hybridized carbons (Fsp3) is 0.424. The predicted molar refractivity (Wildman–Crippen MR) is 162 cm³/mol. The summed E-state index contributed by atoms with van der Waals surface area (Å²) >= 11 is 0. The first kappa shape index (κ1) is 29.1. The number of ether oxygens (including phenoxy) is 2. The average molecular weight is 588 g/mol. The number of fused-ring (bicyclic) bond motifs is 1. The van der Waals surface area contributed by atoms with E-state index in [0.717, 1.165) is 60.7 Å². The van der Waals surface area contributed by atoms with Crippen LogP contribution in [0.1, 0.15) is 53.5 Å². The number of rotatable bonds is 11. The van der Waals surface area contributed by atoms with E-state index < -0.39 is 5.97 Å². The largest absolute Gasteiger partial charge is 0.478 e. The Labute approximate surface area is 250 Å². The highest BCUT2D eigenvalue weighted by molar-refractivity contribution is 5.92. The second-order valence-electron chi connectivity index (χ2n) is 11.8. The second kappa shape index (κ2) is 12.3. The van der Waals surface area contributed by atoms with Crippen molar-refractivity contribution >= 4 is 22.8 Å². The summed E-state index contributed by atoms with van der Waals surface area (Å²) in [4.78, 5) is 26.0. The van der Waals surface area contributed by atoms with Gasteiger partial charge < -0.3 is 24.0 Å². The molecule has 2 fully saturated rings. The van der Waals surface area contributed by atoms with E-state index in [1.54, 1.807) is 30.3 Å². The average Bonchev–Trinajstić information content (AvgIpc) is 3.48. The lowest BCUT2D eigenvalue weighted by molar-refractivity contribution is -0.0592. The fourth-order valence-electron chi connectivity index (χ4n) is 6.06. The zero-order valence-corrected chi connectivity index (χ0v) is 24.9. The van der Waals surface area contributed by atoms with Gasteiger partial charge in [0.25, 0.3) is 0 Å². The molecule has 3 unspecified atom stereocenters. The summed E-state index contributed by atoms with van der Waals surface area (Å²) in [5.74, 6) is 0.939. The van der Waals surface area contributed by atoms with Crippen LogP contribution in [0.2, 0.25) is 0 Å². The van der Waals surface area contributed by atoms with Crippen molar-refractivity contribution in [1.82, 2.24) is 19.4 Å². The first-order chi connectivity index (χ1) is 20.7. The van der Waals surface area contributed by atoms with Crippen molar-refractivity contribution in [1.29, 1.82) is 0 Å². The van der Waals surface area contributed by atoms with Crippen molar-refractivity contribution < 1.29 is 23.8 Å². The molecule has 2 aliphatic heterocycles. The third-order valence-corrected chi connectivity index (χ3v) is 8.70. The molecule has 9 nitrogen and oxygen atoms in total. The number of imidazole rings is 1. The lowest BCUT2D eigenvalue weighted by Gasteiger charge is -2.32. The molecule has 226 valence electrons. The van der Waals surface area contributed by atoms with E-state index in [4.69, 9.17) is 19.4 Å². The molecule has 6 rings (SSSR count). The Hall–Kier alpha value is -4.02. The van der Waals surface area contributed by atoms with E-state index >= 15 is 0 Å². The van der Waals surface area contributed by atoms with Crippen molar-refractivity contribution in [2.75, 3.05) is 25.1 Å². The molecule has 0 radical (unpaired) electrons. The highest BCUT2D eigenvalue weighted by Crippen LogP contribution is 2.30. The molecule has 10 heteroatoms. The number of carbonyl (C=O) groups is 1. The molecule has 1 N–H and O–H groups in total. The van der Waals surface area contributed by atoms with Crippen LogP contribution in [0.5, 0.6) is 5.88 Å².